The van der Waals surface area contributed by atoms with E-state index in [1.807, 2.05) is 4.90 Å². The highest BCUT2D eigenvalue weighted by atomic mass is 19.4. The number of aliphatic hydroxyl groups is 3. The van der Waals surface area contributed by atoms with E-state index in [0.717, 1.165) is 17.8 Å². The van der Waals surface area contributed by atoms with E-state index < -0.39 is 101 Å². The molecule has 4 rings (SSSR count). The van der Waals surface area contributed by atoms with E-state index in [0.29, 0.717) is 26.1 Å². The topological polar surface area (TPSA) is 225 Å². The van der Waals surface area contributed by atoms with Gasteiger partial charge in [-0.05, 0) is 27.2 Å². The molecule has 3 aliphatic heterocycles. The third-order valence-electron chi connectivity index (χ3n) is 9.29. The van der Waals surface area contributed by atoms with Crippen LogP contribution in [0.3, 0.4) is 0 Å². The van der Waals surface area contributed by atoms with Gasteiger partial charge in [-0.2, -0.15) is 18.3 Å². The molecular weight excluding hydrogens is 689 g/mol. The Morgan fingerprint density at radius 1 is 1.18 bits per heavy atom. The number of ether oxygens (including phenoxy) is 3. The highest BCUT2D eigenvalue weighted by Crippen LogP contribution is 2.38. The van der Waals surface area contributed by atoms with Gasteiger partial charge in [-0.15, -0.1) is 0 Å². The van der Waals surface area contributed by atoms with E-state index in [2.05, 4.69) is 15.7 Å². The lowest BCUT2D eigenvalue weighted by molar-refractivity contribution is -0.231. The van der Waals surface area contributed by atoms with Crippen molar-refractivity contribution in [3.05, 3.63) is 17.5 Å². The van der Waals surface area contributed by atoms with E-state index >= 15 is 0 Å². The van der Waals surface area contributed by atoms with Gasteiger partial charge in [-0.1, -0.05) is 0 Å². The molecule has 4 heterocycles. The van der Waals surface area contributed by atoms with Gasteiger partial charge >= 0.3 is 18.2 Å². The van der Waals surface area contributed by atoms with Gasteiger partial charge in [-0.3, -0.25) is 19.2 Å². The maximum Gasteiger partial charge on any atom is 0.435 e. The Bertz CT molecular complexity index is 1450. The van der Waals surface area contributed by atoms with Crippen LogP contribution in [0.2, 0.25) is 0 Å². The van der Waals surface area contributed by atoms with Crippen molar-refractivity contribution in [1.29, 1.82) is 0 Å². The van der Waals surface area contributed by atoms with Gasteiger partial charge in [-0.25, -0.2) is 9.59 Å². The van der Waals surface area contributed by atoms with Crippen molar-refractivity contribution in [1.82, 2.24) is 30.2 Å². The molecule has 0 saturated carbocycles. The zero-order valence-corrected chi connectivity index (χ0v) is 29.1. The first-order valence-electron chi connectivity index (χ1n) is 16.5. The minimum Gasteiger partial charge on any atom is -0.479 e. The van der Waals surface area contributed by atoms with Crippen LogP contribution in [0.15, 0.2) is 6.20 Å². The van der Waals surface area contributed by atoms with Gasteiger partial charge in [0.05, 0.1) is 42.6 Å². The molecule has 3 fully saturated rings. The van der Waals surface area contributed by atoms with Crippen molar-refractivity contribution < 1.29 is 67.0 Å². The van der Waals surface area contributed by atoms with Crippen LogP contribution in [0.4, 0.5) is 18.0 Å². The third-order valence-corrected chi connectivity index (χ3v) is 9.29. The first-order chi connectivity index (χ1) is 23.6. The van der Waals surface area contributed by atoms with Crippen molar-refractivity contribution >= 4 is 23.9 Å². The molecule has 20 heteroatoms. The summed E-state index contributed by atoms with van der Waals surface area (Å²) in [6.45, 7) is 7.21. The fourth-order valence-corrected chi connectivity index (χ4v) is 6.81. The number of nitrogens with one attached hydrogen (secondary N) is 2. The van der Waals surface area contributed by atoms with Crippen LogP contribution in [0.5, 0.6) is 0 Å². The van der Waals surface area contributed by atoms with Gasteiger partial charge in [0.15, 0.2) is 11.3 Å². The number of rotatable bonds is 10. The number of carboxylic acid groups (broad SMARTS) is 1. The molecule has 17 nitrogen and oxygen atoms in total. The number of alkyl halides is 3. The molecule has 0 bridgehead atoms. The van der Waals surface area contributed by atoms with Gasteiger partial charge in [0.25, 0.3) is 5.91 Å². The number of amides is 3. The molecule has 51 heavy (non-hydrogen) atoms. The monoisotopic (exact) mass is 736 g/mol. The molecule has 0 radical (unpaired) electrons. The first-order valence-corrected chi connectivity index (χ1v) is 16.5. The minimum absolute atomic E-state index is 0.0867. The Kier molecular flexibility index (Phi) is 12.0. The van der Waals surface area contributed by atoms with Crippen LogP contribution in [0, 0.1) is 0 Å². The molecular formula is C31H47F3N6O11. The summed E-state index contributed by atoms with van der Waals surface area (Å²) in [5.74, 6) is -3.43. The summed E-state index contributed by atoms with van der Waals surface area (Å²) in [7, 11) is 1.18. The van der Waals surface area contributed by atoms with E-state index in [4.69, 9.17) is 14.2 Å². The van der Waals surface area contributed by atoms with E-state index in [-0.39, 0.29) is 26.1 Å². The smallest absolute Gasteiger partial charge is 0.435 e. The van der Waals surface area contributed by atoms with Crippen LogP contribution in [-0.4, -0.2) is 157 Å². The lowest BCUT2D eigenvalue weighted by atomic mass is 9.81. The molecule has 3 saturated heterocycles. The molecule has 6 N–H and O–H groups in total. The largest absolute Gasteiger partial charge is 0.479 e. The number of aliphatic hydroxyl groups excluding tert-OH is 3. The highest BCUT2D eigenvalue weighted by Gasteiger charge is 2.56. The summed E-state index contributed by atoms with van der Waals surface area (Å²) in [5, 5.41) is 51.5. The molecule has 1 spiro atoms. The van der Waals surface area contributed by atoms with Crippen molar-refractivity contribution in [2.24, 2.45) is 7.05 Å². The Labute approximate surface area is 292 Å². The first kappa shape index (κ1) is 40.2. The molecule has 1 aromatic heterocycles. The predicted octanol–water partition coefficient (Wildman–Crippen LogP) is -0.530. The average molecular weight is 737 g/mol. The van der Waals surface area contributed by atoms with Gasteiger partial charge in [0, 0.05) is 65.7 Å². The molecule has 3 amide bonds. The molecule has 3 aliphatic rings. The Morgan fingerprint density at radius 3 is 2.47 bits per heavy atom. The third kappa shape index (κ3) is 9.28. The fourth-order valence-electron chi connectivity index (χ4n) is 6.81. The average Bonchev–Trinajstić information content (AvgIpc) is 3.63. The number of morpholine rings is 1. The van der Waals surface area contributed by atoms with Gasteiger partial charge in [0.2, 0.25) is 5.91 Å². The summed E-state index contributed by atoms with van der Waals surface area (Å²) in [4.78, 5) is 54.0. The number of nitrogens with zero attached hydrogens (tertiary/aromatic N) is 4. The normalized spacial score (nSPS) is 28.7. The zero-order chi connectivity index (χ0) is 38.1. The lowest BCUT2D eigenvalue weighted by Crippen LogP contribution is -2.68. The number of carbonyl (C=O) groups is 4. The SMILES string of the molecule is CC(=O)N[C@H]1[C@H]([C@H](O)[C@H](O)CNC(=O)c2cn(C)nc2C(F)(F)F)O[C@@](CCN2CCOC[C@@]23CCN(C(=O)OC(C)(C)C)C3)(C(=O)O)C[C@@H]1O. The molecule has 1 aromatic rings. The van der Waals surface area contributed by atoms with Gasteiger partial charge in [0.1, 0.15) is 17.8 Å². The van der Waals surface area contributed by atoms with Crippen LogP contribution >= 0.6 is 0 Å². The second-order valence-electron chi connectivity index (χ2n) is 14.4. The highest BCUT2D eigenvalue weighted by molar-refractivity contribution is 5.95. The Hall–Kier alpha value is -3.56. The van der Waals surface area contributed by atoms with Crippen molar-refractivity contribution in [2.75, 3.05) is 45.9 Å². The number of aliphatic carboxylic acids is 1. The second kappa shape index (κ2) is 15.2. The summed E-state index contributed by atoms with van der Waals surface area (Å²) < 4.78 is 58.3. The molecule has 7 atom stereocenters. The number of aryl methyl sites for hydroxylation is 1. The van der Waals surface area contributed by atoms with E-state index in [1.165, 1.54) is 7.05 Å². The van der Waals surface area contributed by atoms with Crippen molar-refractivity contribution in [3.63, 3.8) is 0 Å². The molecule has 0 aromatic carbocycles. The summed E-state index contributed by atoms with van der Waals surface area (Å²) >= 11 is 0. The van der Waals surface area contributed by atoms with E-state index in [9.17, 15) is 52.8 Å². The Morgan fingerprint density at radius 2 is 1.86 bits per heavy atom. The molecule has 0 unspecified atom stereocenters. The second-order valence-corrected chi connectivity index (χ2v) is 14.4. The standard InChI is InChI=1S/C31H47F3N6O11/c1-17(41)36-21-19(42)12-30(26(46)47,7-9-40-10-11-49-16-29(40)6-8-39(15-29)27(48)51-28(2,3)4)50-23(21)22(44)20(43)13-35-25(45)18-14-38(5)37-24(18)31(32,33)34/h14,19-23,42-44H,6-13,15-16H2,1-5H3,(H,35,45)(H,36,41)(H,46,47)/t19-,20+,21+,22+,23+,29-,30+/m0/s1. The Balaban J connectivity index is 1.51. The van der Waals surface area contributed by atoms with Crippen LogP contribution in [0.25, 0.3) is 0 Å². The number of carbonyl (C=O) groups excluding carboxylic acids is 3. The van der Waals surface area contributed by atoms with Crippen molar-refractivity contribution in [2.45, 2.75) is 100 Å². The summed E-state index contributed by atoms with van der Waals surface area (Å²) in [5.41, 5.74) is -5.84. The number of carboxylic acids is 1. The maximum absolute atomic E-state index is 13.4. The van der Waals surface area contributed by atoms with Crippen molar-refractivity contribution in [3.8, 4) is 0 Å². The fraction of sp³-hybridized carbons (Fsp3) is 0.774. The van der Waals surface area contributed by atoms with Gasteiger partial charge < -0.3 is 50.2 Å². The van der Waals surface area contributed by atoms with Crippen LogP contribution in [0.1, 0.15) is 63.0 Å². The summed E-state index contributed by atoms with van der Waals surface area (Å²) in [6, 6.07) is -1.42. The zero-order valence-electron chi connectivity index (χ0n) is 29.1. The minimum atomic E-state index is -4.96. The lowest BCUT2D eigenvalue weighted by Gasteiger charge is -2.49. The number of likely N-dealkylation sites (tertiary alicyclic amines) is 1. The maximum atomic E-state index is 13.4. The number of hydrogen-bond acceptors (Lipinski definition) is 12. The predicted molar refractivity (Wildman–Crippen MR) is 168 cm³/mol. The van der Waals surface area contributed by atoms with Crippen LogP contribution in [-0.2, 0) is 37.0 Å². The quantitative estimate of drug-likeness (QED) is 0.178. The number of halogens is 3. The molecule has 288 valence electrons. The number of aromatic nitrogens is 2. The van der Waals surface area contributed by atoms with E-state index in [1.54, 1.807) is 25.7 Å². The molecule has 0 aliphatic carbocycles. The number of hydrogen-bond donors (Lipinski definition) is 6. The summed E-state index contributed by atoms with van der Waals surface area (Å²) in [6.07, 6.45) is -12.3. The van der Waals surface area contributed by atoms with Crippen LogP contribution < -0.4 is 10.6 Å².